The van der Waals surface area contributed by atoms with Crippen LogP contribution in [0.25, 0.3) is 0 Å². The summed E-state index contributed by atoms with van der Waals surface area (Å²) in [5, 5.41) is 10.5. The fourth-order valence-electron chi connectivity index (χ4n) is 1.13. The smallest absolute Gasteiger partial charge is 0.275 e. The van der Waals surface area contributed by atoms with E-state index in [2.05, 4.69) is 0 Å². The number of carbonyl (C=O) groups excluding carboxylic acids is 1. The number of aryl methyl sites for hydroxylation is 1. The number of halogens is 1. The van der Waals surface area contributed by atoms with Crippen molar-refractivity contribution in [3.63, 3.8) is 0 Å². The Kier molecular flexibility index (Phi) is 3.55. The molecule has 0 unspecified atom stereocenters. The molecule has 1 rings (SSSR count). The Morgan fingerprint density at radius 3 is 2.69 bits per heavy atom. The van der Waals surface area contributed by atoms with Crippen LogP contribution in [0.4, 0.5) is 10.1 Å². The molecule has 0 aromatic heterocycles. The molecule has 0 spiro atoms. The van der Waals surface area contributed by atoms with Crippen molar-refractivity contribution < 1.29 is 18.8 Å². The largest absolute Gasteiger partial charge is 0.483 e. The summed E-state index contributed by atoms with van der Waals surface area (Å²) in [6.45, 7) is 2.52. The van der Waals surface area contributed by atoms with E-state index in [9.17, 15) is 19.3 Å². The second-order valence-corrected chi connectivity index (χ2v) is 3.32. The maximum absolute atomic E-state index is 13.3. The van der Waals surface area contributed by atoms with Gasteiger partial charge in [0.15, 0.2) is 17.3 Å². The zero-order valence-electron chi connectivity index (χ0n) is 8.82. The number of ether oxygens (including phenoxy) is 1. The monoisotopic (exact) mass is 227 g/mol. The van der Waals surface area contributed by atoms with Gasteiger partial charge in [-0.1, -0.05) is 0 Å². The molecule has 16 heavy (non-hydrogen) atoms. The van der Waals surface area contributed by atoms with Crippen molar-refractivity contribution in [3.8, 4) is 5.75 Å². The average molecular weight is 227 g/mol. The highest BCUT2D eigenvalue weighted by molar-refractivity contribution is 5.77. The van der Waals surface area contributed by atoms with Crippen molar-refractivity contribution in [2.45, 2.75) is 13.8 Å². The van der Waals surface area contributed by atoms with Gasteiger partial charge in [0, 0.05) is 5.56 Å². The third-order valence-electron chi connectivity index (χ3n) is 1.88. The van der Waals surface area contributed by atoms with Gasteiger partial charge in [-0.05, 0) is 19.9 Å². The predicted molar refractivity (Wildman–Crippen MR) is 54.0 cm³/mol. The molecule has 86 valence electrons. The molecule has 0 saturated heterocycles. The lowest BCUT2D eigenvalue weighted by Gasteiger charge is -2.06. The minimum Gasteiger partial charge on any atom is -0.483 e. The molecule has 0 aliphatic carbocycles. The fraction of sp³-hybridized carbons (Fsp3) is 0.300. The van der Waals surface area contributed by atoms with E-state index in [4.69, 9.17) is 4.74 Å². The number of ketones is 1. The third kappa shape index (κ3) is 2.75. The quantitative estimate of drug-likeness (QED) is 0.582. The third-order valence-corrected chi connectivity index (χ3v) is 1.88. The number of nitrogens with zero attached hydrogens (tertiary/aromatic N) is 1. The molecule has 0 N–H and O–H groups in total. The van der Waals surface area contributed by atoms with E-state index in [1.165, 1.54) is 19.9 Å². The van der Waals surface area contributed by atoms with Gasteiger partial charge in [0.2, 0.25) is 0 Å². The van der Waals surface area contributed by atoms with Crippen LogP contribution >= 0.6 is 0 Å². The van der Waals surface area contributed by atoms with Crippen LogP contribution in [0.3, 0.4) is 0 Å². The van der Waals surface area contributed by atoms with Crippen molar-refractivity contribution in [2.75, 3.05) is 6.61 Å². The standard InChI is InChI=1S/C10H10FNO4/c1-6-3-10(16-5-7(2)13)8(11)4-9(6)12(14)15/h3-4H,5H2,1-2H3. The maximum atomic E-state index is 13.3. The van der Waals surface area contributed by atoms with E-state index in [1.54, 1.807) is 0 Å². The van der Waals surface area contributed by atoms with E-state index < -0.39 is 10.7 Å². The Bertz CT molecular complexity index is 445. The molecule has 0 aliphatic rings. The van der Waals surface area contributed by atoms with Gasteiger partial charge in [0.1, 0.15) is 6.61 Å². The molecule has 0 amide bonds. The molecule has 0 aliphatic heterocycles. The highest BCUT2D eigenvalue weighted by atomic mass is 19.1. The molecule has 0 bridgehead atoms. The molecule has 1 aromatic carbocycles. The number of hydrogen-bond donors (Lipinski definition) is 0. The normalized spacial score (nSPS) is 9.94. The first-order valence-corrected chi connectivity index (χ1v) is 4.48. The van der Waals surface area contributed by atoms with E-state index in [1.807, 2.05) is 0 Å². The van der Waals surface area contributed by atoms with Gasteiger partial charge in [-0.15, -0.1) is 0 Å². The highest BCUT2D eigenvalue weighted by Gasteiger charge is 2.16. The van der Waals surface area contributed by atoms with E-state index in [0.29, 0.717) is 0 Å². The first-order chi connectivity index (χ1) is 7.41. The van der Waals surface area contributed by atoms with Crippen molar-refractivity contribution in [3.05, 3.63) is 33.6 Å². The predicted octanol–water partition coefficient (Wildman–Crippen LogP) is 2.01. The van der Waals surface area contributed by atoms with E-state index in [0.717, 1.165) is 6.07 Å². The summed E-state index contributed by atoms with van der Waals surface area (Å²) in [6, 6.07) is 1.99. The number of hydrogen-bond acceptors (Lipinski definition) is 4. The number of carbonyl (C=O) groups is 1. The Morgan fingerprint density at radius 2 is 2.19 bits per heavy atom. The number of benzene rings is 1. The second-order valence-electron chi connectivity index (χ2n) is 3.32. The van der Waals surface area contributed by atoms with Gasteiger partial charge in [0.25, 0.3) is 5.69 Å². The molecule has 0 fully saturated rings. The van der Waals surface area contributed by atoms with Gasteiger partial charge in [-0.3, -0.25) is 14.9 Å². The van der Waals surface area contributed by atoms with Gasteiger partial charge in [0.05, 0.1) is 11.0 Å². The molecular formula is C10H10FNO4. The van der Waals surface area contributed by atoms with Gasteiger partial charge >= 0.3 is 0 Å². The van der Waals surface area contributed by atoms with Crippen molar-refractivity contribution >= 4 is 11.5 Å². The lowest BCUT2D eigenvalue weighted by Crippen LogP contribution is -2.08. The van der Waals surface area contributed by atoms with Crippen LogP contribution in [0.15, 0.2) is 12.1 Å². The number of nitro groups is 1. The lowest BCUT2D eigenvalue weighted by atomic mass is 10.2. The lowest BCUT2D eigenvalue weighted by molar-refractivity contribution is -0.385. The Hall–Kier alpha value is -1.98. The van der Waals surface area contributed by atoms with Crippen LogP contribution in [0.5, 0.6) is 5.75 Å². The molecule has 6 heteroatoms. The van der Waals surface area contributed by atoms with Crippen LogP contribution in [0.1, 0.15) is 12.5 Å². The Balaban J connectivity index is 3.01. The van der Waals surface area contributed by atoms with Crippen molar-refractivity contribution in [2.24, 2.45) is 0 Å². The van der Waals surface area contributed by atoms with Gasteiger partial charge in [-0.25, -0.2) is 4.39 Å². The minimum atomic E-state index is -0.849. The number of rotatable bonds is 4. The topological polar surface area (TPSA) is 69.4 Å². The summed E-state index contributed by atoms with van der Waals surface area (Å²) in [7, 11) is 0. The molecule has 1 aromatic rings. The van der Waals surface area contributed by atoms with Crippen molar-refractivity contribution in [1.82, 2.24) is 0 Å². The molecule has 0 saturated carbocycles. The summed E-state index contributed by atoms with van der Waals surface area (Å²) in [5.74, 6) is -1.26. The highest BCUT2D eigenvalue weighted by Crippen LogP contribution is 2.26. The summed E-state index contributed by atoms with van der Waals surface area (Å²) >= 11 is 0. The summed E-state index contributed by atoms with van der Waals surface area (Å²) < 4.78 is 18.2. The van der Waals surface area contributed by atoms with Crippen LogP contribution in [0, 0.1) is 22.9 Å². The van der Waals surface area contributed by atoms with Crippen molar-refractivity contribution in [1.29, 1.82) is 0 Å². The maximum Gasteiger partial charge on any atom is 0.275 e. The average Bonchev–Trinajstić information content (AvgIpc) is 2.18. The number of nitro benzene ring substituents is 1. The van der Waals surface area contributed by atoms with Gasteiger partial charge in [-0.2, -0.15) is 0 Å². The summed E-state index contributed by atoms with van der Waals surface area (Å²) in [5.41, 5.74) is -0.0300. The summed E-state index contributed by atoms with van der Waals surface area (Å²) in [4.78, 5) is 20.5. The zero-order chi connectivity index (χ0) is 12.3. The first kappa shape index (κ1) is 12.1. The fourth-order valence-corrected chi connectivity index (χ4v) is 1.13. The Labute approximate surface area is 91.0 Å². The SMILES string of the molecule is CC(=O)COc1cc(C)c([N+](=O)[O-])cc1F. The molecule has 5 nitrogen and oxygen atoms in total. The van der Waals surface area contributed by atoms with Crippen LogP contribution < -0.4 is 4.74 Å². The molecule has 0 atom stereocenters. The van der Waals surface area contributed by atoms with Gasteiger partial charge < -0.3 is 4.74 Å². The molecule has 0 radical (unpaired) electrons. The minimum absolute atomic E-state index is 0.154. The first-order valence-electron chi connectivity index (χ1n) is 4.48. The Morgan fingerprint density at radius 1 is 1.56 bits per heavy atom. The summed E-state index contributed by atoms with van der Waals surface area (Å²) in [6.07, 6.45) is 0. The molecular weight excluding hydrogens is 217 g/mol. The zero-order valence-corrected chi connectivity index (χ0v) is 8.82. The van der Waals surface area contributed by atoms with Crippen LogP contribution in [-0.2, 0) is 4.79 Å². The second kappa shape index (κ2) is 4.69. The van der Waals surface area contributed by atoms with E-state index in [-0.39, 0.29) is 29.4 Å². The molecule has 0 heterocycles. The van der Waals surface area contributed by atoms with Crippen LogP contribution in [0.2, 0.25) is 0 Å². The van der Waals surface area contributed by atoms with Crippen LogP contribution in [-0.4, -0.2) is 17.3 Å². The number of Topliss-reactive ketones (excluding diaryl/α,β-unsaturated/α-hetero) is 1. The van der Waals surface area contributed by atoms with E-state index >= 15 is 0 Å².